The molecule has 0 aromatic heterocycles. The highest BCUT2D eigenvalue weighted by molar-refractivity contribution is 5.84. The van der Waals surface area contributed by atoms with Gasteiger partial charge in [0.25, 0.3) is 0 Å². The summed E-state index contributed by atoms with van der Waals surface area (Å²) in [7, 11) is 1.70. The van der Waals surface area contributed by atoms with Crippen molar-refractivity contribution in [3.05, 3.63) is 29.8 Å². The number of ether oxygens (including phenoxy) is 1. The van der Waals surface area contributed by atoms with Gasteiger partial charge in [-0.3, -0.25) is 4.79 Å². The first-order chi connectivity index (χ1) is 12.2. The fourth-order valence-corrected chi connectivity index (χ4v) is 4.42. The topological polar surface area (TPSA) is 32.8 Å². The first-order valence-electron chi connectivity index (χ1n) is 9.89. The Bertz CT molecular complexity index is 620. The summed E-state index contributed by atoms with van der Waals surface area (Å²) in [5.41, 5.74) is 1.26. The van der Waals surface area contributed by atoms with Crippen molar-refractivity contribution < 1.29 is 9.53 Å². The van der Waals surface area contributed by atoms with E-state index in [2.05, 4.69) is 28.9 Å². The molecule has 4 rings (SSSR count). The van der Waals surface area contributed by atoms with Gasteiger partial charge in [0.15, 0.2) is 0 Å². The lowest BCUT2D eigenvalue weighted by atomic mass is 10.0. The van der Waals surface area contributed by atoms with E-state index in [0.717, 1.165) is 44.6 Å². The van der Waals surface area contributed by atoms with Crippen molar-refractivity contribution >= 4 is 5.91 Å². The summed E-state index contributed by atoms with van der Waals surface area (Å²) in [6.07, 6.45) is 5.70. The lowest BCUT2D eigenvalue weighted by Crippen LogP contribution is -2.49. The summed E-state index contributed by atoms with van der Waals surface area (Å²) in [6, 6.07) is 9.24. The van der Waals surface area contributed by atoms with Gasteiger partial charge in [0.2, 0.25) is 5.91 Å². The molecule has 1 aliphatic heterocycles. The third-order valence-corrected chi connectivity index (χ3v) is 6.22. The molecule has 3 fully saturated rings. The molecular weight excluding hydrogens is 312 g/mol. The minimum absolute atomic E-state index is 0.192. The van der Waals surface area contributed by atoms with Crippen LogP contribution in [0.1, 0.15) is 50.5 Å². The first kappa shape index (κ1) is 16.9. The standard InChI is InChI=1S/C21H30N2O2/c1-3-22-11-9-17(10-12-22)23(16-7-8-16)21(24)20-14-19(20)15-5-4-6-18(13-15)25-2/h4-6,13,16-17,19-20H,3,7-12,14H2,1-2H3/t19-,20-/m1/s1. The molecule has 2 saturated carbocycles. The predicted octanol–water partition coefficient (Wildman–Crippen LogP) is 3.27. The van der Waals surface area contributed by atoms with Crippen LogP contribution < -0.4 is 4.74 Å². The number of carbonyl (C=O) groups is 1. The molecule has 0 N–H and O–H groups in total. The van der Waals surface area contributed by atoms with Crippen LogP contribution >= 0.6 is 0 Å². The van der Waals surface area contributed by atoms with Crippen molar-refractivity contribution in [1.29, 1.82) is 0 Å². The fraction of sp³-hybridized carbons (Fsp3) is 0.667. The van der Waals surface area contributed by atoms with Crippen LogP contribution in [-0.4, -0.2) is 54.5 Å². The van der Waals surface area contributed by atoms with Crippen LogP contribution in [0.25, 0.3) is 0 Å². The van der Waals surface area contributed by atoms with Crippen molar-refractivity contribution in [3.63, 3.8) is 0 Å². The number of nitrogens with zero attached hydrogens (tertiary/aromatic N) is 2. The summed E-state index contributed by atoms with van der Waals surface area (Å²) in [6.45, 7) is 5.64. The van der Waals surface area contributed by atoms with Gasteiger partial charge in [-0.1, -0.05) is 19.1 Å². The number of amides is 1. The third kappa shape index (κ3) is 3.55. The highest BCUT2D eigenvalue weighted by Gasteiger charge is 2.50. The van der Waals surface area contributed by atoms with E-state index in [1.54, 1.807) is 7.11 Å². The minimum Gasteiger partial charge on any atom is -0.497 e. The maximum Gasteiger partial charge on any atom is 0.226 e. The molecule has 2 atom stereocenters. The van der Waals surface area contributed by atoms with E-state index in [1.807, 2.05) is 12.1 Å². The maximum atomic E-state index is 13.3. The van der Waals surface area contributed by atoms with Crippen molar-refractivity contribution in [1.82, 2.24) is 9.80 Å². The summed E-state index contributed by atoms with van der Waals surface area (Å²) in [4.78, 5) is 18.1. The zero-order chi connectivity index (χ0) is 17.4. The quantitative estimate of drug-likeness (QED) is 0.795. The molecule has 2 aliphatic carbocycles. The molecule has 0 spiro atoms. The molecule has 25 heavy (non-hydrogen) atoms. The van der Waals surface area contributed by atoms with Gasteiger partial charge in [0.1, 0.15) is 5.75 Å². The Morgan fingerprint density at radius 2 is 1.92 bits per heavy atom. The van der Waals surface area contributed by atoms with E-state index < -0.39 is 0 Å². The molecule has 0 unspecified atom stereocenters. The Balaban J connectivity index is 1.42. The van der Waals surface area contributed by atoms with Crippen LogP contribution in [0.3, 0.4) is 0 Å². The van der Waals surface area contributed by atoms with Crippen LogP contribution in [0.15, 0.2) is 24.3 Å². The number of benzene rings is 1. The number of rotatable bonds is 6. The Kier molecular flexibility index (Phi) is 4.72. The second-order valence-corrected chi connectivity index (χ2v) is 7.87. The van der Waals surface area contributed by atoms with Gasteiger partial charge in [-0.2, -0.15) is 0 Å². The largest absolute Gasteiger partial charge is 0.497 e. The summed E-state index contributed by atoms with van der Waals surface area (Å²) in [5, 5.41) is 0. The Labute approximate surface area is 151 Å². The fourth-order valence-electron chi connectivity index (χ4n) is 4.42. The molecule has 136 valence electrons. The molecule has 4 nitrogen and oxygen atoms in total. The third-order valence-electron chi connectivity index (χ3n) is 6.22. The average Bonchev–Trinajstić information content (AvgIpc) is 3.56. The number of carbonyl (C=O) groups excluding carboxylic acids is 1. The molecule has 3 aliphatic rings. The average molecular weight is 342 g/mol. The van der Waals surface area contributed by atoms with E-state index in [4.69, 9.17) is 4.74 Å². The lowest BCUT2D eigenvalue weighted by Gasteiger charge is -2.38. The highest BCUT2D eigenvalue weighted by Crippen LogP contribution is 2.50. The molecule has 0 bridgehead atoms. The normalized spacial score (nSPS) is 27.1. The van der Waals surface area contributed by atoms with Gasteiger partial charge in [-0.15, -0.1) is 0 Å². The Morgan fingerprint density at radius 3 is 2.56 bits per heavy atom. The van der Waals surface area contributed by atoms with E-state index in [0.29, 0.717) is 23.9 Å². The molecular formula is C21H30N2O2. The van der Waals surface area contributed by atoms with Gasteiger partial charge >= 0.3 is 0 Å². The zero-order valence-electron chi connectivity index (χ0n) is 15.5. The van der Waals surface area contributed by atoms with E-state index in [-0.39, 0.29) is 5.92 Å². The number of methoxy groups -OCH3 is 1. The molecule has 1 aromatic rings. The summed E-state index contributed by atoms with van der Waals surface area (Å²) in [5.74, 6) is 1.89. The summed E-state index contributed by atoms with van der Waals surface area (Å²) < 4.78 is 5.34. The molecule has 4 heteroatoms. The molecule has 0 radical (unpaired) electrons. The van der Waals surface area contributed by atoms with Crippen LogP contribution in [0.4, 0.5) is 0 Å². The Hall–Kier alpha value is -1.55. The zero-order valence-corrected chi connectivity index (χ0v) is 15.5. The Morgan fingerprint density at radius 1 is 1.20 bits per heavy atom. The highest BCUT2D eigenvalue weighted by atomic mass is 16.5. The van der Waals surface area contributed by atoms with Crippen molar-refractivity contribution in [2.45, 2.75) is 57.0 Å². The van der Waals surface area contributed by atoms with Crippen molar-refractivity contribution in [2.24, 2.45) is 5.92 Å². The molecule has 1 heterocycles. The number of hydrogen-bond donors (Lipinski definition) is 0. The number of piperidine rings is 1. The van der Waals surface area contributed by atoms with Crippen LogP contribution in [-0.2, 0) is 4.79 Å². The monoisotopic (exact) mass is 342 g/mol. The smallest absolute Gasteiger partial charge is 0.226 e. The van der Waals surface area contributed by atoms with Crippen molar-refractivity contribution in [3.8, 4) is 5.75 Å². The SMILES string of the molecule is CCN1CCC(N(C(=O)[C@@H]2C[C@@H]2c2cccc(OC)c2)C2CC2)CC1. The van der Waals surface area contributed by atoms with Crippen LogP contribution in [0.5, 0.6) is 5.75 Å². The minimum atomic E-state index is 0.192. The van der Waals surface area contributed by atoms with Crippen LogP contribution in [0.2, 0.25) is 0 Å². The van der Waals surface area contributed by atoms with Crippen molar-refractivity contribution in [2.75, 3.05) is 26.7 Å². The van der Waals surface area contributed by atoms with Crippen LogP contribution in [0, 0.1) is 5.92 Å². The van der Waals surface area contributed by atoms with E-state index >= 15 is 0 Å². The second-order valence-electron chi connectivity index (χ2n) is 7.87. The van der Waals surface area contributed by atoms with Gasteiger partial charge in [-0.05, 0) is 62.3 Å². The van der Waals surface area contributed by atoms with E-state index in [9.17, 15) is 4.79 Å². The predicted molar refractivity (Wildman–Crippen MR) is 98.8 cm³/mol. The summed E-state index contributed by atoms with van der Waals surface area (Å²) >= 11 is 0. The molecule has 1 amide bonds. The first-order valence-corrected chi connectivity index (χ1v) is 9.89. The van der Waals surface area contributed by atoms with Gasteiger partial charge in [-0.25, -0.2) is 0 Å². The number of likely N-dealkylation sites (tertiary alicyclic amines) is 1. The molecule has 1 aromatic carbocycles. The molecule has 1 saturated heterocycles. The second kappa shape index (κ2) is 6.99. The van der Waals surface area contributed by atoms with E-state index in [1.165, 1.54) is 18.4 Å². The number of hydrogen-bond acceptors (Lipinski definition) is 3. The maximum absolute atomic E-state index is 13.3. The van der Waals surface area contributed by atoms with Gasteiger partial charge in [0.05, 0.1) is 7.11 Å². The lowest BCUT2D eigenvalue weighted by molar-refractivity contribution is -0.136. The van der Waals surface area contributed by atoms with Gasteiger partial charge < -0.3 is 14.5 Å². The van der Waals surface area contributed by atoms with Gasteiger partial charge in [0, 0.05) is 31.1 Å².